The Morgan fingerprint density at radius 3 is 1.96 bits per heavy atom. The zero-order valence-electron chi connectivity index (χ0n) is 15.2. The van der Waals surface area contributed by atoms with Gasteiger partial charge in [0.2, 0.25) is 0 Å². The van der Waals surface area contributed by atoms with Crippen molar-refractivity contribution in [2.75, 3.05) is 0 Å². The number of carbonyl (C=O) groups is 3. The van der Waals surface area contributed by atoms with E-state index in [2.05, 4.69) is 5.32 Å². The molecule has 1 aromatic rings. The zero-order valence-corrected chi connectivity index (χ0v) is 15.2. The Bertz CT molecular complexity index is 871. The Morgan fingerprint density at radius 1 is 1.00 bits per heavy atom. The lowest BCUT2D eigenvalue weighted by atomic mass is 9.78. The number of carboxylic acid groups (broad SMARTS) is 3. The molecule has 7 nitrogen and oxygen atoms in total. The van der Waals surface area contributed by atoms with Crippen LogP contribution in [0.4, 0.5) is 0 Å². The van der Waals surface area contributed by atoms with Crippen LogP contribution in [-0.4, -0.2) is 33.2 Å². The first-order valence-electron chi connectivity index (χ1n) is 8.36. The number of carboxylic acids is 3. The molecule has 1 aromatic carbocycles. The van der Waals surface area contributed by atoms with E-state index >= 15 is 0 Å². The van der Waals surface area contributed by atoms with Gasteiger partial charge in [-0.2, -0.15) is 0 Å². The zero-order chi connectivity index (χ0) is 20.3. The van der Waals surface area contributed by atoms with Gasteiger partial charge in [0.25, 0.3) is 0 Å². The van der Waals surface area contributed by atoms with E-state index in [9.17, 15) is 29.7 Å². The standard InChI is InChI=1S/C20H21NO6/c1-4-12(18(22)23)9-13-7-5-6-8-14(13)17-15(19(24)25)10(2)21-11(3)16(17)20(26)27/h5-9,17,21H,4H2,1-3H3,(H,22,23)(H,24,25)(H,26,27)/b12-9-. The SMILES string of the molecule is CC/C(=C/c1ccccc1C1C(C(=O)O)=C(C)NC(C)=C1C(=O)O)C(=O)O. The fraction of sp³-hybridized carbons (Fsp3) is 0.250. The molecule has 1 heterocycles. The quantitative estimate of drug-likeness (QED) is 0.567. The lowest BCUT2D eigenvalue weighted by molar-refractivity contribution is -0.134. The van der Waals surface area contributed by atoms with E-state index in [-0.39, 0.29) is 23.1 Å². The third-order valence-electron chi connectivity index (χ3n) is 4.51. The average molecular weight is 371 g/mol. The van der Waals surface area contributed by atoms with Gasteiger partial charge in [-0.3, -0.25) is 0 Å². The summed E-state index contributed by atoms with van der Waals surface area (Å²) >= 11 is 0. The Morgan fingerprint density at radius 2 is 1.52 bits per heavy atom. The average Bonchev–Trinajstić information content (AvgIpc) is 2.58. The first-order valence-corrected chi connectivity index (χ1v) is 8.36. The topological polar surface area (TPSA) is 124 Å². The molecular weight excluding hydrogens is 350 g/mol. The number of allylic oxidation sites excluding steroid dienone is 2. The van der Waals surface area contributed by atoms with Gasteiger partial charge in [-0.15, -0.1) is 0 Å². The summed E-state index contributed by atoms with van der Waals surface area (Å²) in [5.74, 6) is -4.57. The summed E-state index contributed by atoms with van der Waals surface area (Å²) in [7, 11) is 0. The van der Waals surface area contributed by atoms with E-state index < -0.39 is 23.8 Å². The first-order chi connectivity index (χ1) is 12.7. The molecule has 142 valence electrons. The van der Waals surface area contributed by atoms with E-state index in [1.165, 1.54) is 6.08 Å². The lowest BCUT2D eigenvalue weighted by Crippen LogP contribution is -2.31. The van der Waals surface area contributed by atoms with Crippen LogP contribution in [0.3, 0.4) is 0 Å². The van der Waals surface area contributed by atoms with Gasteiger partial charge in [0.1, 0.15) is 0 Å². The fourth-order valence-corrected chi connectivity index (χ4v) is 3.28. The number of benzene rings is 1. The number of dihydropyridines is 1. The van der Waals surface area contributed by atoms with Gasteiger partial charge >= 0.3 is 17.9 Å². The van der Waals surface area contributed by atoms with Crippen molar-refractivity contribution >= 4 is 24.0 Å². The Labute approximate surface area is 156 Å². The van der Waals surface area contributed by atoms with Gasteiger partial charge in [-0.25, -0.2) is 14.4 Å². The molecule has 0 atom stereocenters. The highest BCUT2D eigenvalue weighted by Crippen LogP contribution is 2.40. The molecule has 1 aliphatic heterocycles. The molecule has 0 aromatic heterocycles. The van der Waals surface area contributed by atoms with Crippen LogP contribution in [0.2, 0.25) is 0 Å². The molecule has 0 saturated heterocycles. The van der Waals surface area contributed by atoms with Crippen molar-refractivity contribution in [3.63, 3.8) is 0 Å². The van der Waals surface area contributed by atoms with Crippen LogP contribution in [0.25, 0.3) is 6.08 Å². The second-order valence-electron chi connectivity index (χ2n) is 6.20. The lowest BCUT2D eigenvalue weighted by Gasteiger charge is -2.29. The van der Waals surface area contributed by atoms with Gasteiger partial charge in [0.05, 0.1) is 17.1 Å². The van der Waals surface area contributed by atoms with Crippen LogP contribution in [-0.2, 0) is 14.4 Å². The second-order valence-corrected chi connectivity index (χ2v) is 6.20. The summed E-state index contributed by atoms with van der Waals surface area (Å²) in [5, 5.41) is 31.6. The van der Waals surface area contributed by atoms with Crippen molar-refractivity contribution in [2.45, 2.75) is 33.1 Å². The molecule has 0 unspecified atom stereocenters. The van der Waals surface area contributed by atoms with Crippen LogP contribution in [0, 0.1) is 0 Å². The van der Waals surface area contributed by atoms with E-state index in [1.807, 2.05) is 0 Å². The Balaban J connectivity index is 2.80. The van der Waals surface area contributed by atoms with E-state index in [0.717, 1.165) is 0 Å². The van der Waals surface area contributed by atoms with Crippen molar-refractivity contribution in [2.24, 2.45) is 0 Å². The summed E-state index contributed by atoms with van der Waals surface area (Å²) in [6.45, 7) is 4.85. The molecule has 4 N–H and O–H groups in total. The molecule has 0 amide bonds. The molecular formula is C20H21NO6. The minimum atomic E-state index is -1.23. The number of hydrogen-bond acceptors (Lipinski definition) is 4. The first kappa shape index (κ1) is 20.0. The predicted octanol–water partition coefficient (Wildman–Crippen LogP) is 2.97. The van der Waals surface area contributed by atoms with Crippen molar-refractivity contribution in [1.82, 2.24) is 5.32 Å². The van der Waals surface area contributed by atoms with Gasteiger partial charge in [0.15, 0.2) is 0 Å². The van der Waals surface area contributed by atoms with Gasteiger partial charge in [0, 0.05) is 17.0 Å². The molecule has 0 bridgehead atoms. The van der Waals surface area contributed by atoms with Crippen molar-refractivity contribution in [3.8, 4) is 0 Å². The number of rotatable bonds is 6. The fourth-order valence-electron chi connectivity index (χ4n) is 3.28. The van der Waals surface area contributed by atoms with Crippen LogP contribution < -0.4 is 5.32 Å². The highest BCUT2D eigenvalue weighted by molar-refractivity contribution is 5.99. The minimum Gasteiger partial charge on any atom is -0.478 e. The summed E-state index contributed by atoms with van der Waals surface area (Å²) in [4.78, 5) is 35.2. The normalized spacial score (nSPS) is 15.6. The third kappa shape index (κ3) is 3.92. The second kappa shape index (κ2) is 7.90. The smallest absolute Gasteiger partial charge is 0.334 e. The van der Waals surface area contributed by atoms with E-state index in [0.29, 0.717) is 22.5 Å². The summed E-state index contributed by atoms with van der Waals surface area (Å²) < 4.78 is 0. The van der Waals surface area contributed by atoms with E-state index in [1.54, 1.807) is 45.0 Å². The number of nitrogens with one attached hydrogen (secondary N) is 1. The predicted molar refractivity (Wildman–Crippen MR) is 98.9 cm³/mol. The largest absolute Gasteiger partial charge is 0.478 e. The molecule has 7 heteroatoms. The van der Waals surface area contributed by atoms with E-state index in [4.69, 9.17) is 0 Å². The highest BCUT2D eigenvalue weighted by Gasteiger charge is 2.37. The highest BCUT2D eigenvalue weighted by atomic mass is 16.4. The summed E-state index contributed by atoms with van der Waals surface area (Å²) in [5.41, 5.74) is 1.60. The van der Waals surface area contributed by atoms with Crippen molar-refractivity contribution < 1.29 is 29.7 Å². The summed E-state index contributed by atoms with van der Waals surface area (Å²) in [6.07, 6.45) is 1.74. The molecule has 0 radical (unpaired) electrons. The number of aliphatic carboxylic acids is 3. The molecule has 0 fully saturated rings. The van der Waals surface area contributed by atoms with Crippen LogP contribution >= 0.6 is 0 Å². The Hall–Kier alpha value is -3.35. The monoisotopic (exact) mass is 371 g/mol. The molecule has 27 heavy (non-hydrogen) atoms. The molecule has 0 aliphatic carbocycles. The maximum absolute atomic E-state index is 11.9. The molecule has 2 rings (SSSR count). The van der Waals surface area contributed by atoms with Crippen molar-refractivity contribution in [1.29, 1.82) is 0 Å². The Kier molecular flexibility index (Phi) is 5.85. The molecule has 0 saturated carbocycles. The summed E-state index contributed by atoms with van der Waals surface area (Å²) in [6, 6.07) is 6.65. The van der Waals surface area contributed by atoms with Crippen molar-refractivity contribution in [3.05, 3.63) is 63.5 Å². The number of hydrogen-bond donors (Lipinski definition) is 4. The maximum atomic E-state index is 11.9. The maximum Gasteiger partial charge on any atom is 0.334 e. The van der Waals surface area contributed by atoms with Crippen LogP contribution in [0.5, 0.6) is 0 Å². The third-order valence-corrected chi connectivity index (χ3v) is 4.51. The van der Waals surface area contributed by atoms with Gasteiger partial charge < -0.3 is 20.6 Å². The van der Waals surface area contributed by atoms with Gasteiger partial charge in [-0.1, -0.05) is 31.2 Å². The molecule has 0 spiro atoms. The molecule has 1 aliphatic rings. The van der Waals surface area contributed by atoms with Crippen LogP contribution in [0.1, 0.15) is 44.2 Å². The van der Waals surface area contributed by atoms with Crippen LogP contribution in [0.15, 0.2) is 52.4 Å². The minimum absolute atomic E-state index is 0.0766. The van der Waals surface area contributed by atoms with Gasteiger partial charge in [-0.05, 0) is 37.5 Å².